The smallest absolute Gasteiger partial charge is 0.0520 e. The van der Waals surface area contributed by atoms with Crippen molar-refractivity contribution in [2.24, 2.45) is 39.2 Å². The summed E-state index contributed by atoms with van der Waals surface area (Å²) in [6, 6.07) is 0. The molecule has 0 unspecified atom stereocenters. The highest BCUT2D eigenvalue weighted by atomic mass is 14.8. The summed E-state index contributed by atoms with van der Waals surface area (Å²) >= 11 is 0. The number of rotatable bonds is 10. The van der Waals surface area contributed by atoms with Crippen LogP contribution in [0.25, 0.3) is 0 Å². The van der Waals surface area contributed by atoms with Gasteiger partial charge in [0, 0.05) is 0 Å². The van der Waals surface area contributed by atoms with Crippen molar-refractivity contribution in [1.29, 1.82) is 0 Å². The quantitative estimate of drug-likeness (QED) is 0.411. The molecule has 2 aliphatic rings. The van der Waals surface area contributed by atoms with E-state index >= 15 is 0 Å². The molecule has 0 amide bonds. The molecule has 4 heteroatoms. The molecule has 0 saturated heterocycles. The Morgan fingerprint density at radius 3 is 1.26 bits per heavy atom. The maximum absolute atomic E-state index is 5.88. The SMILES string of the molecule is CC(C)(C1(CCCC(N)N)CCCCC1)C1(CCCC(N)N)CCCCC1. The standard InChI is InChI=1S/C23H48N4/c1-21(2,22(13-5-3-6-14-22)17-9-11-19(24)25)23(15-7-4-8-16-23)18-10-12-20(26)27/h19-20H,3-18,24-27H2,1-2H3. The average Bonchev–Trinajstić information content (AvgIpc) is 2.62. The topological polar surface area (TPSA) is 104 Å². The van der Waals surface area contributed by atoms with Crippen LogP contribution in [0.2, 0.25) is 0 Å². The third-order valence-electron chi connectivity index (χ3n) is 8.66. The van der Waals surface area contributed by atoms with Crippen LogP contribution >= 0.6 is 0 Å². The van der Waals surface area contributed by atoms with Crippen molar-refractivity contribution >= 4 is 0 Å². The van der Waals surface area contributed by atoms with E-state index < -0.39 is 0 Å². The number of hydrogen-bond donors (Lipinski definition) is 4. The van der Waals surface area contributed by atoms with Gasteiger partial charge in [-0.25, -0.2) is 0 Å². The molecule has 0 bridgehead atoms. The highest BCUT2D eigenvalue weighted by Crippen LogP contribution is 2.65. The Balaban J connectivity index is 2.24. The average molecular weight is 381 g/mol. The zero-order chi connectivity index (χ0) is 20.0. The van der Waals surface area contributed by atoms with Gasteiger partial charge in [-0.05, 0) is 67.6 Å². The van der Waals surface area contributed by atoms with Crippen LogP contribution in [0.15, 0.2) is 0 Å². The molecule has 0 heterocycles. The Bertz CT molecular complexity index is 380. The van der Waals surface area contributed by atoms with Crippen molar-refractivity contribution in [3.63, 3.8) is 0 Å². The lowest BCUT2D eigenvalue weighted by Gasteiger charge is -2.61. The number of hydrogen-bond acceptors (Lipinski definition) is 4. The van der Waals surface area contributed by atoms with Gasteiger partial charge in [0.05, 0.1) is 12.3 Å². The fourth-order valence-corrected chi connectivity index (χ4v) is 6.75. The van der Waals surface area contributed by atoms with Crippen molar-refractivity contribution in [2.45, 2.75) is 129 Å². The molecule has 160 valence electrons. The summed E-state index contributed by atoms with van der Waals surface area (Å²) in [5, 5.41) is 0. The van der Waals surface area contributed by atoms with E-state index in [0.29, 0.717) is 16.2 Å². The van der Waals surface area contributed by atoms with Crippen molar-refractivity contribution < 1.29 is 0 Å². The summed E-state index contributed by atoms with van der Waals surface area (Å²) in [5.41, 5.74) is 24.7. The molecule has 0 radical (unpaired) electrons. The van der Waals surface area contributed by atoms with Crippen LogP contribution in [0.4, 0.5) is 0 Å². The second-order valence-corrected chi connectivity index (χ2v) is 10.4. The Morgan fingerprint density at radius 1 is 0.630 bits per heavy atom. The fraction of sp³-hybridized carbons (Fsp3) is 1.00. The molecular weight excluding hydrogens is 332 g/mol. The van der Waals surface area contributed by atoms with Gasteiger partial charge < -0.3 is 22.9 Å². The van der Waals surface area contributed by atoms with Gasteiger partial charge in [-0.3, -0.25) is 0 Å². The first kappa shape index (κ1) is 23.1. The highest BCUT2D eigenvalue weighted by Gasteiger charge is 2.55. The van der Waals surface area contributed by atoms with Crippen molar-refractivity contribution in [1.82, 2.24) is 0 Å². The van der Waals surface area contributed by atoms with Gasteiger partial charge in [0.15, 0.2) is 0 Å². The summed E-state index contributed by atoms with van der Waals surface area (Å²) in [4.78, 5) is 0. The molecule has 27 heavy (non-hydrogen) atoms. The third kappa shape index (κ3) is 5.46. The fourth-order valence-electron chi connectivity index (χ4n) is 6.75. The second-order valence-electron chi connectivity index (χ2n) is 10.4. The summed E-state index contributed by atoms with van der Waals surface area (Å²) in [6.45, 7) is 5.24. The first-order valence-corrected chi connectivity index (χ1v) is 11.8. The Hall–Kier alpha value is -0.160. The van der Waals surface area contributed by atoms with Crippen LogP contribution < -0.4 is 22.9 Å². The van der Waals surface area contributed by atoms with Crippen LogP contribution in [0, 0.1) is 16.2 Å². The normalized spacial score (nSPS) is 23.1. The molecule has 2 rings (SSSR count). The van der Waals surface area contributed by atoms with Crippen LogP contribution in [-0.4, -0.2) is 12.3 Å². The minimum Gasteiger partial charge on any atom is -0.316 e. The maximum atomic E-state index is 5.88. The summed E-state index contributed by atoms with van der Waals surface area (Å²) in [6.07, 6.45) is 20.4. The lowest BCUT2D eigenvalue weighted by atomic mass is 9.44. The van der Waals surface area contributed by atoms with Gasteiger partial charge in [0.2, 0.25) is 0 Å². The van der Waals surface area contributed by atoms with E-state index in [1.165, 1.54) is 89.9 Å². The highest BCUT2D eigenvalue weighted by molar-refractivity contribution is 5.05. The molecule has 0 aromatic carbocycles. The van der Waals surface area contributed by atoms with E-state index in [9.17, 15) is 0 Å². The monoisotopic (exact) mass is 380 g/mol. The predicted octanol–water partition coefficient (Wildman–Crippen LogP) is 4.74. The van der Waals surface area contributed by atoms with E-state index in [1.54, 1.807) is 0 Å². The molecule has 0 atom stereocenters. The van der Waals surface area contributed by atoms with Gasteiger partial charge in [-0.2, -0.15) is 0 Å². The minimum absolute atomic E-state index is 0.163. The first-order valence-electron chi connectivity index (χ1n) is 11.8. The van der Waals surface area contributed by atoms with Gasteiger partial charge in [-0.1, -0.05) is 65.2 Å². The minimum atomic E-state index is -0.163. The first-order chi connectivity index (χ1) is 12.7. The van der Waals surface area contributed by atoms with Gasteiger partial charge >= 0.3 is 0 Å². The van der Waals surface area contributed by atoms with E-state index in [2.05, 4.69) is 13.8 Å². The molecule has 0 aromatic heterocycles. The molecule has 2 aliphatic carbocycles. The zero-order valence-corrected chi connectivity index (χ0v) is 18.3. The Kier molecular flexibility index (Phi) is 8.60. The van der Waals surface area contributed by atoms with Crippen molar-refractivity contribution in [3.8, 4) is 0 Å². The Labute approximate surface area is 168 Å². The van der Waals surface area contributed by atoms with Crippen molar-refractivity contribution in [3.05, 3.63) is 0 Å². The van der Waals surface area contributed by atoms with Gasteiger partial charge in [-0.15, -0.1) is 0 Å². The summed E-state index contributed by atoms with van der Waals surface area (Å²) in [7, 11) is 0. The molecular formula is C23H48N4. The maximum Gasteiger partial charge on any atom is 0.0520 e. The van der Waals surface area contributed by atoms with Crippen LogP contribution in [0.1, 0.15) is 117 Å². The second kappa shape index (κ2) is 10.0. The molecule has 2 saturated carbocycles. The van der Waals surface area contributed by atoms with Gasteiger partial charge in [0.1, 0.15) is 0 Å². The van der Waals surface area contributed by atoms with Crippen LogP contribution in [-0.2, 0) is 0 Å². The van der Waals surface area contributed by atoms with Gasteiger partial charge in [0.25, 0.3) is 0 Å². The van der Waals surface area contributed by atoms with E-state index in [4.69, 9.17) is 22.9 Å². The largest absolute Gasteiger partial charge is 0.316 e. The Morgan fingerprint density at radius 2 is 0.963 bits per heavy atom. The number of nitrogens with two attached hydrogens (primary N) is 4. The van der Waals surface area contributed by atoms with E-state index in [-0.39, 0.29) is 12.3 Å². The predicted molar refractivity (Wildman–Crippen MR) is 117 cm³/mol. The van der Waals surface area contributed by atoms with Crippen LogP contribution in [0.5, 0.6) is 0 Å². The summed E-state index contributed by atoms with van der Waals surface area (Å²) in [5.74, 6) is 0. The zero-order valence-electron chi connectivity index (χ0n) is 18.3. The van der Waals surface area contributed by atoms with E-state index in [0.717, 1.165) is 12.8 Å². The lowest BCUT2D eigenvalue weighted by molar-refractivity contribution is -0.113. The lowest BCUT2D eigenvalue weighted by Crippen LogP contribution is -2.52. The van der Waals surface area contributed by atoms with Crippen LogP contribution in [0.3, 0.4) is 0 Å². The molecule has 0 aliphatic heterocycles. The van der Waals surface area contributed by atoms with E-state index in [1.807, 2.05) is 0 Å². The molecule has 8 N–H and O–H groups in total. The van der Waals surface area contributed by atoms with Crippen molar-refractivity contribution in [2.75, 3.05) is 0 Å². The molecule has 0 spiro atoms. The molecule has 0 aromatic rings. The summed E-state index contributed by atoms with van der Waals surface area (Å²) < 4.78 is 0. The molecule has 2 fully saturated rings. The molecule has 4 nitrogen and oxygen atoms in total. The third-order valence-corrected chi connectivity index (χ3v) is 8.66.